The first-order valence-corrected chi connectivity index (χ1v) is 7.10. The van der Waals surface area contributed by atoms with Crippen molar-refractivity contribution in [2.75, 3.05) is 13.3 Å². The molecule has 3 unspecified atom stereocenters. The summed E-state index contributed by atoms with van der Waals surface area (Å²) in [4.78, 5) is 4.16. The summed E-state index contributed by atoms with van der Waals surface area (Å²) in [5.41, 5.74) is 1.24. The SMILES string of the molecule is Br.CCC1COP(C)C(c2cccnc2)N1. The normalized spacial score (nSPS) is 29.5. The molecule has 3 nitrogen and oxygen atoms in total. The highest BCUT2D eigenvalue weighted by atomic mass is 79.9. The van der Waals surface area contributed by atoms with E-state index in [-0.39, 0.29) is 17.0 Å². The number of nitrogens with one attached hydrogen (secondary N) is 1. The highest BCUT2D eigenvalue weighted by molar-refractivity contribution is 8.93. The third-order valence-corrected chi connectivity index (χ3v) is 4.46. The molecule has 0 aliphatic carbocycles. The minimum Gasteiger partial charge on any atom is -0.356 e. The molecule has 1 N–H and O–H groups in total. The van der Waals surface area contributed by atoms with Crippen LogP contribution in [0.5, 0.6) is 0 Å². The second-order valence-electron chi connectivity index (χ2n) is 3.80. The molecule has 5 heteroatoms. The van der Waals surface area contributed by atoms with Crippen LogP contribution in [0.25, 0.3) is 0 Å². The van der Waals surface area contributed by atoms with E-state index >= 15 is 0 Å². The van der Waals surface area contributed by atoms with Gasteiger partial charge in [0.2, 0.25) is 0 Å². The maximum Gasteiger partial charge on any atom is 0.0787 e. The van der Waals surface area contributed by atoms with Crippen molar-refractivity contribution >= 4 is 25.1 Å². The summed E-state index contributed by atoms with van der Waals surface area (Å²) in [5.74, 6) is 0.340. The van der Waals surface area contributed by atoms with Crippen LogP contribution in [0.15, 0.2) is 24.5 Å². The first kappa shape index (κ1) is 14.0. The highest BCUT2D eigenvalue weighted by Gasteiger charge is 2.28. The third kappa shape index (κ3) is 3.24. The lowest BCUT2D eigenvalue weighted by molar-refractivity contribution is 0.245. The molecule has 16 heavy (non-hydrogen) atoms. The van der Waals surface area contributed by atoms with Crippen LogP contribution < -0.4 is 5.32 Å². The number of aromatic nitrogens is 1. The fraction of sp³-hybridized carbons (Fsp3) is 0.545. The van der Waals surface area contributed by atoms with E-state index in [2.05, 4.69) is 30.0 Å². The summed E-state index contributed by atoms with van der Waals surface area (Å²) in [6.45, 7) is 5.20. The lowest BCUT2D eigenvalue weighted by Gasteiger charge is -2.35. The molecule has 0 aromatic carbocycles. The van der Waals surface area contributed by atoms with Crippen LogP contribution in [-0.4, -0.2) is 24.3 Å². The maximum atomic E-state index is 5.82. The molecule has 0 amide bonds. The summed E-state index contributed by atoms with van der Waals surface area (Å²) >= 11 is 0. The topological polar surface area (TPSA) is 34.1 Å². The molecule has 1 fully saturated rings. The first-order valence-electron chi connectivity index (χ1n) is 5.33. The molecular formula is C11H18BrN2OP. The Hall–Kier alpha value is -0.0200. The van der Waals surface area contributed by atoms with E-state index in [0.717, 1.165) is 13.0 Å². The minimum absolute atomic E-state index is 0. The van der Waals surface area contributed by atoms with Gasteiger partial charge in [0.1, 0.15) is 0 Å². The van der Waals surface area contributed by atoms with E-state index in [4.69, 9.17) is 4.52 Å². The fourth-order valence-corrected chi connectivity index (χ4v) is 3.30. The van der Waals surface area contributed by atoms with Crippen molar-refractivity contribution in [3.8, 4) is 0 Å². The van der Waals surface area contributed by atoms with Crippen molar-refractivity contribution in [3.05, 3.63) is 30.1 Å². The van der Waals surface area contributed by atoms with E-state index in [0.29, 0.717) is 11.8 Å². The molecule has 1 aromatic heterocycles. The number of halogens is 1. The zero-order valence-corrected chi connectivity index (χ0v) is 12.2. The molecular weight excluding hydrogens is 287 g/mol. The van der Waals surface area contributed by atoms with Gasteiger partial charge in [-0.1, -0.05) is 13.0 Å². The average molecular weight is 305 g/mol. The molecule has 0 spiro atoms. The molecule has 1 aromatic rings. The van der Waals surface area contributed by atoms with Crippen LogP contribution in [0.3, 0.4) is 0 Å². The Morgan fingerprint density at radius 2 is 2.44 bits per heavy atom. The third-order valence-electron chi connectivity index (χ3n) is 2.73. The molecule has 2 rings (SSSR count). The Labute approximate surface area is 109 Å². The number of hydrogen-bond acceptors (Lipinski definition) is 3. The molecule has 0 radical (unpaired) electrons. The van der Waals surface area contributed by atoms with E-state index in [1.54, 1.807) is 0 Å². The van der Waals surface area contributed by atoms with E-state index in [1.165, 1.54) is 5.56 Å². The summed E-state index contributed by atoms with van der Waals surface area (Å²) in [5, 5.41) is 3.63. The minimum atomic E-state index is -0.415. The Morgan fingerprint density at radius 3 is 3.06 bits per heavy atom. The van der Waals surface area contributed by atoms with Gasteiger partial charge in [-0.25, -0.2) is 0 Å². The summed E-state index contributed by atoms with van der Waals surface area (Å²) in [6, 6.07) is 4.58. The lowest BCUT2D eigenvalue weighted by Crippen LogP contribution is -2.39. The Bertz CT molecular complexity index is 312. The van der Waals surface area contributed by atoms with Gasteiger partial charge in [0.15, 0.2) is 0 Å². The molecule has 3 atom stereocenters. The van der Waals surface area contributed by atoms with Crippen molar-refractivity contribution in [1.82, 2.24) is 10.3 Å². The average Bonchev–Trinajstić information content (AvgIpc) is 2.31. The van der Waals surface area contributed by atoms with Gasteiger partial charge in [-0.15, -0.1) is 17.0 Å². The van der Waals surface area contributed by atoms with Crippen LogP contribution in [0.1, 0.15) is 24.7 Å². The van der Waals surface area contributed by atoms with E-state index in [9.17, 15) is 0 Å². The van der Waals surface area contributed by atoms with Crippen molar-refractivity contribution in [1.29, 1.82) is 0 Å². The van der Waals surface area contributed by atoms with Gasteiger partial charge < -0.3 is 4.52 Å². The second-order valence-corrected chi connectivity index (χ2v) is 5.67. The molecule has 1 saturated heterocycles. The van der Waals surface area contributed by atoms with Gasteiger partial charge >= 0.3 is 0 Å². The van der Waals surface area contributed by atoms with Crippen molar-refractivity contribution in [2.45, 2.75) is 25.2 Å². The number of hydrogen-bond donors (Lipinski definition) is 1. The number of pyridine rings is 1. The van der Waals surface area contributed by atoms with Crippen molar-refractivity contribution in [3.63, 3.8) is 0 Å². The van der Waals surface area contributed by atoms with E-state index in [1.807, 2.05) is 18.5 Å². The lowest BCUT2D eigenvalue weighted by atomic mass is 10.2. The molecule has 1 aliphatic heterocycles. The van der Waals surface area contributed by atoms with Crippen LogP contribution in [0.4, 0.5) is 0 Å². The Morgan fingerprint density at radius 1 is 1.62 bits per heavy atom. The largest absolute Gasteiger partial charge is 0.356 e. The summed E-state index contributed by atoms with van der Waals surface area (Å²) < 4.78 is 5.82. The van der Waals surface area contributed by atoms with E-state index < -0.39 is 8.15 Å². The second kappa shape index (κ2) is 6.65. The monoisotopic (exact) mass is 304 g/mol. The molecule has 2 heterocycles. The van der Waals surface area contributed by atoms with Gasteiger partial charge in [0.05, 0.1) is 12.4 Å². The van der Waals surface area contributed by atoms with Crippen LogP contribution >= 0.6 is 25.1 Å². The van der Waals surface area contributed by atoms with Crippen molar-refractivity contribution < 1.29 is 4.52 Å². The molecule has 90 valence electrons. The standard InChI is InChI=1S/C11H17N2OP.BrH/c1-3-10-8-14-15(2)11(13-10)9-5-4-6-12-7-9;/h4-7,10-11,13H,3,8H2,1-2H3;1H. The van der Waals surface area contributed by atoms with Gasteiger partial charge in [0.25, 0.3) is 0 Å². The highest BCUT2D eigenvalue weighted by Crippen LogP contribution is 2.49. The zero-order chi connectivity index (χ0) is 10.7. The van der Waals surface area contributed by atoms with Crippen LogP contribution in [0, 0.1) is 0 Å². The van der Waals surface area contributed by atoms with Gasteiger partial charge in [-0.05, 0) is 24.7 Å². The smallest absolute Gasteiger partial charge is 0.0787 e. The summed E-state index contributed by atoms with van der Waals surface area (Å²) in [7, 11) is -0.415. The van der Waals surface area contributed by atoms with Crippen LogP contribution in [0.2, 0.25) is 0 Å². The number of nitrogens with zero attached hydrogens (tertiary/aromatic N) is 1. The van der Waals surface area contributed by atoms with Crippen molar-refractivity contribution in [2.24, 2.45) is 0 Å². The number of rotatable bonds is 2. The molecule has 0 bridgehead atoms. The maximum absolute atomic E-state index is 5.82. The Balaban J connectivity index is 0.00000128. The fourth-order valence-electron chi connectivity index (χ4n) is 1.74. The summed E-state index contributed by atoms with van der Waals surface area (Å²) in [6.07, 6.45) is 4.85. The zero-order valence-electron chi connectivity index (χ0n) is 9.59. The predicted molar refractivity (Wildman–Crippen MR) is 73.3 cm³/mol. The van der Waals surface area contributed by atoms with Gasteiger partial charge in [-0.3, -0.25) is 10.3 Å². The Kier molecular flexibility index (Phi) is 5.84. The van der Waals surface area contributed by atoms with Gasteiger partial charge in [0, 0.05) is 26.6 Å². The molecule has 0 saturated carbocycles. The van der Waals surface area contributed by atoms with Crippen LogP contribution in [-0.2, 0) is 4.52 Å². The first-order chi connectivity index (χ1) is 7.31. The molecule has 1 aliphatic rings. The predicted octanol–water partition coefficient (Wildman–Crippen LogP) is 3.08. The van der Waals surface area contributed by atoms with Gasteiger partial charge in [-0.2, -0.15) is 0 Å². The quantitative estimate of drug-likeness (QED) is 0.853.